The zero-order valence-electron chi connectivity index (χ0n) is 26.2. The lowest BCUT2D eigenvalue weighted by Crippen LogP contribution is -2.05. The van der Waals surface area contributed by atoms with E-state index >= 15 is 0 Å². The standard InChI is InChI=1S/C15H13ClN6O2.C9H11NO2.C6H3Cl2N5/c1-7-3-4-8(14(23)24-2)5-9(7)20-13-11-10(18-6-19-13)12(17)22-15(16)21-11;1-6-3-4-7(5-8(6)10)9(11)12-2;7-4-2-3(10-1-11-4)5(9)13-6(8)12-2/h3-6H,1-2H3,(H2,17,21,22)(H,18,19,20);3-5H,10H2,1-2H3;1H,(H2,9,12,13). The molecule has 0 aliphatic heterocycles. The van der Waals surface area contributed by atoms with Crippen LogP contribution in [0.3, 0.4) is 0 Å². The fourth-order valence-electron chi connectivity index (χ4n) is 3.96. The van der Waals surface area contributed by atoms with Crippen LogP contribution in [0, 0.1) is 13.8 Å². The first kappa shape index (κ1) is 36.1. The lowest BCUT2D eigenvalue weighted by molar-refractivity contribution is 0.0592. The van der Waals surface area contributed by atoms with Crippen molar-refractivity contribution in [2.45, 2.75) is 13.8 Å². The van der Waals surface area contributed by atoms with E-state index in [0.29, 0.717) is 50.4 Å². The molecule has 6 aromatic rings. The highest BCUT2D eigenvalue weighted by Gasteiger charge is 2.14. The van der Waals surface area contributed by atoms with E-state index in [-0.39, 0.29) is 33.3 Å². The maximum atomic E-state index is 11.7. The number of benzene rings is 2. The molecule has 0 atom stereocenters. The molecular formula is C30H27Cl3N12O4. The Kier molecular flexibility index (Phi) is 11.7. The number of nitrogens with zero attached hydrogens (tertiary/aromatic N) is 8. The summed E-state index contributed by atoms with van der Waals surface area (Å²) in [5.41, 5.74) is 22.6. The van der Waals surface area contributed by atoms with Crippen LogP contribution in [-0.4, -0.2) is 66.0 Å². The first-order valence-corrected chi connectivity index (χ1v) is 14.9. The Morgan fingerprint density at radius 3 is 1.73 bits per heavy atom. The Bertz CT molecular complexity index is 2190. The van der Waals surface area contributed by atoms with E-state index in [2.05, 4.69) is 49.9 Å². The number of carbonyl (C=O) groups excluding carboxylic acids is 2. The van der Waals surface area contributed by atoms with E-state index in [1.807, 2.05) is 13.8 Å². The molecule has 4 heterocycles. The molecule has 0 aliphatic carbocycles. The Morgan fingerprint density at radius 1 is 0.653 bits per heavy atom. The number of nitrogens with two attached hydrogens (primary N) is 3. The normalized spacial score (nSPS) is 10.3. The molecular weight excluding hydrogens is 699 g/mol. The molecule has 252 valence electrons. The number of nitrogens with one attached hydrogen (secondary N) is 1. The van der Waals surface area contributed by atoms with Gasteiger partial charge in [0.05, 0.1) is 25.3 Å². The Hall–Kier alpha value is -5.71. The summed E-state index contributed by atoms with van der Waals surface area (Å²) in [5, 5.41) is 3.36. The monoisotopic (exact) mass is 724 g/mol. The van der Waals surface area contributed by atoms with Crippen molar-refractivity contribution in [2.75, 3.05) is 36.7 Å². The van der Waals surface area contributed by atoms with Crippen molar-refractivity contribution in [3.05, 3.63) is 87.0 Å². The van der Waals surface area contributed by atoms with Gasteiger partial charge < -0.3 is 32.0 Å². The number of anilines is 5. The zero-order valence-corrected chi connectivity index (χ0v) is 28.5. The predicted octanol–water partition coefficient (Wildman–Crippen LogP) is 5.17. The molecule has 16 nitrogen and oxygen atoms in total. The molecule has 6 rings (SSSR count). The van der Waals surface area contributed by atoms with Crippen LogP contribution in [0.25, 0.3) is 22.1 Å². The molecule has 0 aliphatic rings. The summed E-state index contributed by atoms with van der Waals surface area (Å²) in [4.78, 5) is 54.1. The van der Waals surface area contributed by atoms with Gasteiger partial charge in [0, 0.05) is 11.4 Å². The number of fused-ring (bicyclic) bond motifs is 2. The lowest BCUT2D eigenvalue weighted by atomic mass is 10.1. The van der Waals surface area contributed by atoms with Crippen molar-refractivity contribution in [2.24, 2.45) is 0 Å². The summed E-state index contributed by atoms with van der Waals surface area (Å²) in [6.07, 6.45) is 2.63. The minimum Gasteiger partial charge on any atom is -0.465 e. The Balaban J connectivity index is 0.000000182. The zero-order chi connectivity index (χ0) is 35.8. The topological polar surface area (TPSA) is 246 Å². The number of aryl methyl sites for hydroxylation is 2. The summed E-state index contributed by atoms with van der Waals surface area (Å²) in [5.74, 6) is -0.0298. The first-order chi connectivity index (χ1) is 23.3. The Labute approximate surface area is 293 Å². The molecule has 7 N–H and O–H groups in total. The number of carbonyl (C=O) groups is 2. The number of hydrogen-bond acceptors (Lipinski definition) is 16. The van der Waals surface area contributed by atoms with Gasteiger partial charge in [0.25, 0.3) is 0 Å². The van der Waals surface area contributed by atoms with Gasteiger partial charge in [0.1, 0.15) is 34.7 Å². The van der Waals surface area contributed by atoms with Crippen LogP contribution >= 0.6 is 34.8 Å². The van der Waals surface area contributed by atoms with E-state index in [9.17, 15) is 9.59 Å². The van der Waals surface area contributed by atoms with Crippen molar-refractivity contribution < 1.29 is 19.1 Å². The highest BCUT2D eigenvalue weighted by Crippen LogP contribution is 2.27. The van der Waals surface area contributed by atoms with Gasteiger partial charge in [-0.15, -0.1) is 0 Å². The number of nitrogen functional groups attached to an aromatic ring is 3. The van der Waals surface area contributed by atoms with Gasteiger partial charge in [0.15, 0.2) is 22.6 Å². The molecule has 2 aromatic carbocycles. The fraction of sp³-hybridized carbons (Fsp3) is 0.133. The number of methoxy groups -OCH3 is 2. The number of esters is 2. The van der Waals surface area contributed by atoms with Crippen molar-refractivity contribution in [1.29, 1.82) is 0 Å². The highest BCUT2D eigenvalue weighted by atomic mass is 35.5. The summed E-state index contributed by atoms with van der Waals surface area (Å²) in [6, 6.07) is 10.2. The van der Waals surface area contributed by atoms with E-state index in [1.54, 1.807) is 36.4 Å². The second-order valence-corrected chi connectivity index (χ2v) is 10.8. The van der Waals surface area contributed by atoms with Crippen LogP contribution in [0.1, 0.15) is 31.8 Å². The van der Waals surface area contributed by atoms with Crippen LogP contribution in [-0.2, 0) is 9.47 Å². The SMILES string of the molecule is COC(=O)c1ccc(C)c(N)c1.COC(=O)c1ccc(C)c(Nc2ncnc3c(N)nc(Cl)nc23)c1.Nc1nc(Cl)nc2c(Cl)ncnc12. The van der Waals surface area contributed by atoms with Gasteiger partial charge in [0.2, 0.25) is 10.6 Å². The molecule has 4 aromatic heterocycles. The van der Waals surface area contributed by atoms with Crippen LogP contribution in [0.5, 0.6) is 0 Å². The van der Waals surface area contributed by atoms with E-state index in [1.165, 1.54) is 26.9 Å². The van der Waals surface area contributed by atoms with Crippen LogP contribution in [0.15, 0.2) is 49.1 Å². The molecule has 49 heavy (non-hydrogen) atoms. The van der Waals surface area contributed by atoms with Crippen LogP contribution < -0.4 is 22.5 Å². The minimum absolute atomic E-state index is 0.00196. The van der Waals surface area contributed by atoms with E-state index < -0.39 is 5.97 Å². The van der Waals surface area contributed by atoms with Gasteiger partial charge in [-0.2, -0.15) is 9.97 Å². The summed E-state index contributed by atoms with van der Waals surface area (Å²) >= 11 is 17.2. The number of ether oxygens (including phenoxy) is 2. The fourth-order valence-corrected chi connectivity index (χ4v) is 4.49. The van der Waals surface area contributed by atoms with Gasteiger partial charge >= 0.3 is 11.9 Å². The molecule has 19 heteroatoms. The smallest absolute Gasteiger partial charge is 0.337 e. The largest absolute Gasteiger partial charge is 0.465 e. The third-order valence-corrected chi connectivity index (χ3v) is 7.15. The predicted molar refractivity (Wildman–Crippen MR) is 187 cm³/mol. The second kappa shape index (κ2) is 15.9. The van der Waals surface area contributed by atoms with Gasteiger partial charge in [-0.3, -0.25) is 0 Å². The average molecular weight is 726 g/mol. The summed E-state index contributed by atoms with van der Waals surface area (Å²) < 4.78 is 9.27. The third-order valence-electron chi connectivity index (χ3n) is 6.53. The molecule has 0 saturated carbocycles. The number of hydrogen-bond donors (Lipinski definition) is 4. The van der Waals surface area contributed by atoms with Crippen molar-refractivity contribution >= 4 is 97.6 Å². The number of aromatic nitrogens is 8. The maximum Gasteiger partial charge on any atom is 0.337 e. The van der Waals surface area contributed by atoms with Gasteiger partial charge in [-0.1, -0.05) is 23.7 Å². The molecule has 0 spiro atoms. The summed E-state index contributed by atoms with van der Waals surface area (Å²) in [7, 11) is 2.67. The molecule has 0 radical (unpaired) electrons. The van der Waals surface area contributed by atoms with Crippen LogP contribution in [0.2, 0.25) is 15.7 Å². The molecule has 0 unspecified atom stereocenters. The Morgan fingerprint density at radius 2 is 1.16 bits per heavy atom. The average Bonchev–Trinajstić information content (AvgIpc) is 3.07. The molecule has 0 bridgehead atoms. The number of rotatable bonds is 4. The van der Waals surface area contributed by atoms with Gasteiger partial charge in [-0.05, 0) is 72.4 Å². The van der Waals surface area contributed by atoms with Crippen LogP contribution in [0.4, 0.5) is 28.8 Å². The van der Waals surface area contributed by atoms with Crippen molar-refractivity contribution in [1.82, 2.24) is 39.9 Å². The number of halogens is 3. The minimum atomic E-state index is -0.430. The molecule has 0 fully saturated rings. The summed E-state index contributed by atoms with van der Waals surface area (Å²) in [6.45, 7) is 3.78. The second-order valence-electron chi connectivity index (χ2n) is 9.75. The van der Waals surface area contributed by atoms with Crippen molar-refractivity contribution in [3.8, 4) is 0 Å². The van der Waals surface area contributed by atoms with E-state index in [0.717, 1.165) is 11.1 Å². The first-order valence-electron chi connectivity index (χ1n) is 13.8. The lowest BCUT2D eigenvalue weighted by Gasteiger charge is -2.12. The molecule has 0 saturated heterocycles. The maximum absolute atomic E-state index is 11.7. The highest BCUT2D eigenvalue weighted by molar-refractivity contribution is 6.34. The third kappa shape index (κ3) is 8.81. The van der Waals surface area contributed by atoms with Crippen molar-refractivity contribution in [3.63, 3.8) is 0 Å². The van der Waals surface area contributed by atoms with E-state index in [4.69, 9.17) is 56.7 Å². The molecule has 0 amide bonds. The quantitative estimate of drug-likeness (QED) is 0.0792. The van der Waals surface area contributed by atoms with Gasteiger partial charge in [-0.25, -0.2) is 39.5 Å².